The number of hydrogen-bond donors (Lipinski definition) is 1. The van der Waals surface area contributed by atoms with Crippen LogP contribution in [-0.4, -0.2) is 49.6 Å². The zero-order chi connectivity index (χ0) is 22.1. The molecule has 31 heavy (non-hydrogen) atoms. The summed E-state index contributed by atoms with van der Waals surface area (Å²) in [6.07, 6.45) is 3.16. The van der Waals surface area contributed by atoms with Crippen molar-refractivity contribution < 1.29 is 19.1 Å². The Bertz CT molecular complexity index is 830. The molecule has 2 amide bonds. The molecule has 2 aromatic rings. The lowest BCUT2D eigenvalue weighted by molar-refractivity contribution is -0.137. The van der Waals surface area contributed by atoms with Crippen LogP contribution in [0, 0.1) is 5.92 Å². The summed E-state index contributed by atoms with van der Waals surface area (Å²) in [5, 5.41) is 3.14. The number of ether oxygens (including phenoxy) is 2. The van der Waals surface area contributed by atoms with Crippen LogP contribution in [0.3, 0.4) is 0 Å². The number of nitrogens with one attached hydrogen (secondary N) is 1. The fourth-order valence-electron chi connectivity index (χ4n) is 3.75. The number of rotatable bonds is 9. The van der Waals surface area contributed by atoms with E-state index in [-0.39, 0.29) is 30.4 Å². The molecule has 0 bridgehead atoms. The standard InChI is InChI=1S/C25H32N2O4/c1-19(8-9-20-10-12-22(30-2)13-11-20)26-25(29)21-14-16-27(17-15-21)24(28)18-31-23-6-4-3-5-7-23/h3-7,10-13,19,21H,8-9,14-18H2,1-2H3,(H,26,29). The molecule has 2 aromatic carbocycles. The number of carbonyl (C=O) groups is 2. The number of aryl methyl sites for hydroxylation is 1. The molecule has 6 nitrogen and oxygen atoms in total. The van der Waals surface area contributed by atoms with Crippen molar-refractivity contribution in [3.63, 3.8) is 0 Å². The largest absolute Gasteiger partial charge is 0.497 e. The maximum atomic E-state index is 12.6. The van der Waals surface area contributed by atoms with E-state index in [1.807, 2.05) is 49.4 Å². The first-order valence-corrected chi connectivity index (χ1v) is 10.9. The SMILES string of the molecule is COc1ccc(CCC(C)NC(=O)C2CCN(C(=O)COc3ccccc3)CC2)cc1. The number of likely N-dealkylation sites (tertiary alicyclic amines) is 1. The van der Waals surface area contributed by atoms with Gasteiger partial charge in [-0.2, -0.15) is 0 Å². The zero-order valence-corrected chi connectivity index (χ0v) is 18.4. The summed E-state index contributed by atoms with van der Waals surface area (Å²) < 4.78 is 10.7. The van der Waals surface area contributed by atoms with Crippen molar-refractivity contribution in [1.29, 1.82) is 0 Å². The fourth-order valence-corrected chi connectivity index (χ4v) is 3.75. The van der Waals surface area contributed by atoms with Crippen LogP contribution < -0.4 is 14.8 Å². The summed E-state index contributed by atoms with van der Waals surface area (Å²) in [7, 11) is 1.66. The average Bonchev–Trinajstić information content (AvgIpc) is 2.82. The summed E-state index contributed by atoms with van der Waals surface area (Å²) in [4.78, 5) is 26.8. The molecule has 1 saturated heterocycles. The highest BCUT2D eigenvalue weighted by atomic mass is 16.5. The van der Waals surface area contributed by atoms with Gasteiger partial charge in [-0.25, -0.2) is 0 Å². The molecule has 0 aliphatic carbocycles. The second kappa shape index (κ2) is 11.4. The van der Waals surface area contributed by atoms with Gasteiger partial charge in [0, 0.05) is 25.0 Å². The van der Waals surface area contributed by atoms with Gasteiger partial charge < -0.3 is 19.7 Å². The predicted molar refractivity (Wildman–Crippen MR) is 120 cm³/mol. The maximum Gasteiger partial charge on any atom is 0.260 e. The van der Waals surface area contributed by atoms with Crippen LogP contribution in [-0.2, 0) is 16.0 Å². The van der Waals surface area contributed by atoms with Crippen LogP contribution in [0.4, 0.5) is 0 Å². The molecular formula is C25H32N2O4. The molecule has 1 heterocycles. The Labute approximate surface area is 184 Å². The van der Waals surface area contributed by atoms with E-state index in [9.17, 15) is 9.59 Å². The maximum absolute atomic E-state index is 12.6. The van der Waals surface area contributed by atoms with Gasteiger partial charge in [-0.15, -0.1) is 0 Å². The third-order valence-electron chi connectivity index (χ3n) is 5.74. The van der Waals surface area contributed by atoms with Gasteiger partial charge in [-0.1, -0.05) is 30.3 Å². The van der Waals surface area contributed by atoms with Crippen LogP contribution in [0.2, 0.25) is 0 Å². The highest BCUT2D eigenvalue weighted by Crippen LogP contribution is 2.19. The molecule has 1 unspecified atom stereocenters. The number of benzene rings is 2. The van der Waals surface area contributed by atoms with Crippen molar-refractivity contribution in [3.8, 4) is 11.5 Å². The minimum atomic E-state index is -0.0393. The quantitative estimate of drug-likeness (QED) is 0.670. The zero-order valence-electron chi connectivity index (χ0n) is 18.4. The number of amides is 2. The first-order chi connectivity index (χ1) is 15.0. The van der Waals surface area contributed by atoms with Crippen LogP contribution in [0.25, 0.3) is 0 Å². The van der Waals surface area contributed by atoms with E-state index in [0.29, 0.717) is 31.7 Å². The predicted octanol–water partition coefficient (Wildman–Crippen LogP) is 3.45. The number of para-hydroxylation sites is 1. The van der Waals surface area contributed by atoms with Crippen molar-refractivity contribution in [2.24, 2.45) is 5.92 Å². The summed E-state index contributed by atoms with van der Waals surface area (Å²) >= 11 is 0. The monoisotopic (exact) mass is 424 g/mol. The molecule has 1 fully saturated rings. The summed E-state index contributed by atoms with van der Waals surface area (Å²) in [6.45, 7) is 3.26. The molecule has 0 saturated carbocycles. The summed E-state index contributed by atoms with van der Waals surface area (Å²) in [6, 6.07) is 17.5. The van der Waals surface area contributed by atoms with E-state index in [0.717, 1.165) is 18.6 Å². The first-order valence-electron chi connectivity index (χ1n) is 10.9. The Morgan fingerprint density at radius 2 is 1.71 bits per heavy atom. The molecule has 1 aliphatic rings. The van der Waals surface area contributed by atoms with Crippen LogP contribution in [0.1, 0.15) is 31.7 Å². The van der Waals surface area contributed by atoms with E-state index < -0.39 is 0 Å². The van der Waals surface area contributed by atoms with Crippen molar-refractivity contribution >= 4 is 11.8 Å². The molecule has 3 rings (SSSR count). The lowest BCUT2D eigenvalue weighted by atomic mass is 9.95. The van der Waals surface area contributed by atoms with E-state index in [2.05, 4.69) is 17.4 Å². The first kappa shape index (κ1) is 22.7. The van der Waals surface area contributed by atoms with Gasteiger partial charge in [0.05, 0.1) is 7.11 Å². The van der Waals surface area contributed by atoms with Crippen molar-refractivity contribution in [2.75, 3.05) is 26.8 Å². The topological polar surface area (TPSA) is 67.9 Å². The van der Waals surface area contributed by atoms with Gasteiger partial charge >= 0.3 is 0 Å². The molecule has 1 N–H and O–H groups in total. The minimum absolute atomic E-state index is 0.0310. The van der Waals surface area contributed by atoms with Gasteiger partial charge in [0.2, 0.25) is 5.91 Å². The lowest BCUT2D eigenvalue weighted by Crippen LogP contribution is -2.46. The Balaban J connectivity index is 1.35. The fraction of sp³-hybridized carbons (Fsp3) is 0.440. The number of piperidine rings is 1. The molecule has 0 aromatic heterocycles. The molecule has 0 radical (unpaired) electrons. The summed E-state index contributed by atoms with van der Waals surface area (Å²) in [5.74, 6) is 1.56. The molecule has 1 aliphatic heterocycles. The Kier molecular flexibility index (Phi) is 8.33. The normalized spacial score (nSPS) is 15.2. The smallest absolute Gasteiger partial charge is 0.260 e. The van der Waals surface area contributed by atoms with E-state index in [4.69, 9.17) is 9.47 Å². The molecule has 0 spiro atoms. The summed E-state index contributed by atoms with van der Waals surface area (Å²) in [5.41, 5.74) is 1.23. The third kappa shape index (κ3) is 7.02. The van der Waals surface area contributed by atoms with Crippen LogP contribution in [0.15, 0.2) is 54.6 Å². The molecule has 166 valence electrons. The molecule has 1 atom stereocenters. The van der Waals surface area contributed by atoms with Crippen LogP contribution >= 0.6 is 0 Å². The Hall–Kier alpha value is -3.02. The lowest BCUT2D eigenvalue weighted by Gasteiger charge is -2.32. The van der Waals surface area contributed by atoms with Crippen molar-refractivity contribution in [2.45, 2.75) is 38.6 Å². The average molecular weight is 425 g/mol. The van der Waals surface area contributed by atoms with E-state index in [1.54, 1.807) is 12.0 Å². The van der Waals surface area contributed by atoms with Gasteiger partial charge in [0.25, 0.3) is 5.91 Å². The van der Waals surface area contributed by atoms with Gasteiger partial charge in [-0.05, 0) is 62.4 Å². The van der Waals surface area contributed by atoms with Gasteiger partial charge in [-0.3, -0.25) is 9.59 Å². The number of carbonyl (C=O) groups excluding carboxylic acids is 2. The van der Waals surface area contributed by atoms with Gasteiger partial charge in [0.15, 0.2) is 6.61 Å². The second-order valence-corrected chi connectivity index (χ2v) is 8.05. The highest BCUT2D eigenvalue weighted by molar-refractivity contribution is 5.80. The molecular weight excluding hydrogens is 392 g/mol. The molecule has 6 heteroatoms. The second-order valence-electron chi connectivity index (χ2n) is 8.05. The van der Waals surface area contributed by atoms with Crippen molar-refractivity contribution in [1.82, 2.24) is 10.2 Å². The number of hydrogen-bond acceptors (Lipinski definition) is 4. The van der Waals surface area contributed by atoms with Gasteiger partial charge in [0.1, 0.15) is 11.5 Å². The Morgan fingerprint density at radius 1 is 1.03 bits per heavy atom. The third-order valence-corrected chi connectivity index (χ3v) is 5.74. The number of methoxy groups -OCH3 is 1. The van der Waals surface area contributed by atoms with E-state index in [1.165, 1.54) is 5.56 Å². The number of nitrogens with zero attached hydrogens (tertiary/aromatic N) is 1. The van der Waals surface area contributed by atoms with Crippen molar-refractivity contribution in [3.05, 3.63) is 60.2 Å². The Morgan fingerprint density at radius 3 is 2.35 bits per heavy atom. The van der Waals surface area contributed by atoms with E-state index >= 15 is 0 Å². The highest BCUT2D eigenvalue weighted by Gasteiger charge is 2.28. The van der Waals surface area contributed by atoms with Crippen LogP contribution in [0.5, 0.6) is 11.5 Å². The minimum Gasteiger partial charge on any atom is -0.497 e.